The number of hydrogen-bond donors (Lipinski definition) is 2. The Kier molecular flexibility index (Phi) is 4.60. The largest absolute Gasteiger partial charge is 0.368 e. The van der Waals surface area contributed by atoms with Crippen LogP contribution in [0, 0.1) is 5.92 Å². The van der Waals surface area contributed by atoms with E-state index in [1.807, 2.05) is 36.4 Å². The van der Waals surface area contributed by atoms with Gasteiger partial charge in [-0.2, -0.15) is 0 Å². The molecule has 0 aliphatic heterocycles. The van der Waals surface area contributed by atoms with E-state index in [-0.39, 0.29) is 11.8 Å². The van der Waals surface area contributed by atoms with Crippen molar-refractivity contribution in [2.45, 2.75) is 38.1 Å². The summed E-state index contributed by atoms with van der Waals surface area (Å²) in [5.74, 6) is -0.512. The van der Waals surface area contributed by atoms with Crippen LogP contribution in [0.2, 0.25) is 0 Å². The summed E-state index contributed by atoms with van der Waals surface area (Å²) in [5, 5.41) is 4.78. The molecule has 2 aromatic carbocycles. The predicted molar refractivity (Wildman–Crippen MR) is 91.0 cm³/mol. The van der Waals surface area contributed by atoms with Crippen molar-refractivity contribution >= 4 is 22.6 Å². The highest BCUT2D eigenvalue weighted by Gasteiger charge is 2.29. The van der Waals surface area contributed by atoms with E-state index in [1.54, 1.807) is 6.07 Å². The van der Waals surface area contributed by atoms with Crippen molar-refractivity contribution in [3.05, 3.63) is 48.0 Å². The number of rotatable bonds is 4. The molecule has 4 nitrogen and oxygen atoms in total. The lowest BCUT2D eigenvalue weighted by atomic mass is 9.83. The summed E-state index contributed by atoms with van der Waals surface area (Å²) in [5.41, 5.74) is 6.14. The van der Waals surface area contributed by atoms with Crippen molar-refractivity contribution in [1.29, 1.82) is 0 Å². The molecule has 0 heterocycles. The zero-order chi connectivity index (χ0) is 16.2. The number of carbonyl (C=O) groups excluding carboxylic acids is 2. The number of hydrogen-bond acceptors (Lipinski definition) is 2. The number of fused-ring (bicyclic) bond motifs is 1. The number of benzene rings is 2. The highest BCUT2D eigenvalue weighted by atomic mass is 16.2. The summed E-state index contributed by atoms with van der Waals surface area (Å²) in [6, 6.07) is 12.8. The molecule has 0 aromatic heterocycles. The Morgan fingerprint density at radius 2 is 1.70 bits per heavy atom. The van der Waals surface area contributed by atoms with Crippen molar-refractivity contribution in [2.75, 3.05) is 0 Å². The van der Waals surface area contributed by atoms with Crippen molar-refractivity contribution in [3.63, 3.8) is 0 Å². The van der Waals surface area contributed by atoms with Gasteiger partial charge in [0, 0.05) is 5.56 Å². The van der Waals surface area contributed by atoms with E-state index >= 15 is 0 Å². The molecule has 0 bridgehead atoms. The topological polar surface area (TPSA) is 72.2 Å². The molecule has 0 radical (unpaired) electrons. The van der Waals surface area contributed by atoms with Crippen molar-refractivity contribution in [2.24, 2.45) is 11.7 Å². The zero-order valence-electron chi connectivity index (χ0n) is 13.1. The Bertz CT molecular complexity index is 715. The molecule has 0 saturated heterocycles. The first-order chi connectivity index (χ1) is 11.2. The van der Waals surface area contributed by atoms with Crippen molar-refractivity contribution in [3.8, 4) is 0 Å². The summed E-state index contributed by atoms with van der Waals surface area (Å²) in [6.45, 7) is 0. The highest BCUT2D eigenvalue weighted by Crippen LogP contribution is 2.27. The normalized spacial score (nSPS) is 16.9. The van der Waals surface area contributed by atoms with E-state index in [2.05, 4.69) is 5.32 Å². The van der Waals surface area contributed by atoms with E-state index in [9.17, 15) is 9.59 Å². The molecule has 23 heavy (non-hydrogen) atoms. The molecule has 3 N–H and O–H groups in total. The lowest BCUT2D eigenvalue weighted by Crippen LogP contribution is -2.49. The van der Waals surface area contributed by atoms with Gasteiger partial charge < -0.3 is 11.1 Å². The molecule has 1 saturated carbocycles. The van der Waals surface area contributed by atoms with Crippen LogP contribution in [0.25, 0.3) is 10.8 Å². The number of nitrogens with two attached hydrogens (primary N) is 1. The minimum absolute atomic E-state index is 0.153. The maximum Gasteiger partial charge on any atom is 0.252 e. The van der Waals surface area contributed by atoms with E-state index in [0.29, 0.717) is 5.56 Å². The number of primary amides is 1. The number of nitrogens with one attached hydrogen (secondary N) is 1. The van der Waals surface area contributed by atoms with Crippen LogP contribution in [0.5, 0.6) is 0 Å². The molecule has 2 amide bonds. The Morgan fingerprint density at radius 3 is 2.43 bits per heavy atom. The van der Waals surface area contributed by atoms with E-state index in [0.717, 1.165) is 36.5 Å². The van der Waals surface area contributed by atoms with Crippen LogP contribution in [-0.4, -0.2) is 17.9 Å². The third-order valence-corrected chi connectivity index (χ3v) is 4.75. The molecule has 1 atom stereocenters. The molecule has 1 fully saturated rings. The standard InChI is InChI=1S/C19H22N2O2/c20-18(22)17(14-8-2-1-3-9-14)21-19(23)16-12-6-10-13-7-4-5-11-15(13)16/h4-7,10-12,14,17H,1-3,8-9H2,(H2,20,22)(H,21,23)/t17-/m1/s1. The van der Waals surface area contributed by atoms with Gasteiger partial charge in [0.15, 0.2) is 0 Å². The van der Waals surface area contributed by atoms with E-state index in [1.165, 1.54) is 6.42 Å². The molecule has 0 unspecified atom stereocenters. The quantitative estimate of drug-likeness (QED) is 0.911. The minimum Gasteiger partial charge on any atom is -0.368 e. The smallest absolute Gasteiger partial charge is 0.252 e. The fourth-order valence-electron chi connectivity index (χ4n) is 3.53. The van der Waals surface area contributed by atoms with E-state index < -0.39 is 11.9 Å². The Hall–Kier alpha value is -2.36. The van der Waals surface area contributed by atoms with Crippen LogP contribution in [0.3, 0.4) is 0 Å². The summed E-state index contributed by atoms with van der Waals surface area (Å²) in [6.07, 6.45) is 5.28. The van der Waals surface area contributed by atoms with Crippen molar-refractivity contribution < 1.29 is 9.59 Å². The van der Waals surface area contributed by atoms with Gasteiger partial charge in [0.1, 0.15) is 6.04 Å². The maximum absolute atomic E-state index is 12.7. The molecule has 1 aliphatic carbocycles. The van der Waals surface area contributed by atoms with Crippen LogP contribution in [-0.2, 0) is 4.79 Å². The number of amides is 2. The summed E-state index contributed by atoms with van der Waals surface area (Å²) in [4.78, 5) is 24.5. The first-order valence-corrected chi connectivity index (χ1v) is 8.25. The van der Waals surface area contributed by atoms with Crippen LogP contribution < -0.4 is 11.1 Å². The SMILES string of the molecule is NC(=O)[C@H](NC(=O)c1cccc2ccccc12)C1CCCCC1. The maximum atomic E-state index is 12.7. The molecule has 3 rings (SSSR count). The third-order valence-electron chi connectivity index (χ3n) is 4.75. The fraction of sp³-hybridized carbons (Fsp3) is 0.368. The Morgan fingerprint density at radius 1 is 1.00 bits per heavy atom. The van der Waals surface area contributed by atoms with E-state index in [4.69, 9.17) is 5.73 Å². The third kappa shape index (κ3) is 3.36. The minimum atomic E-state index is -0.582. The van der Waals surface area contributed by atoms with Gasteiger partial charge in [-0.3, -0.25) is 9.59 Å². The summed E-state index contributed by atoms with van der Waals surface area (Å²) < 4.78 is 0. The molecule has 4 heteroatoms. The summed E-state index contributed by atoms with van der Waals surface area (Å²) >= 11 is 0. The van der Waals surface area contributed by atoms with Crippen LogP contribution in [0.15, 0.2) is 42.5 Å². The van der Waals surface area contributed by atoms with Gasteiger partial charge in [-0.05, 0) is 35.6 Å². The second-order valence-corrected chi connectivity index (χ2v) is 6.28. The second kappa shape index (κ2) is 6.82. The van der Waals surface area contributed by atoms with Crippen LogP contribution in [0.1, 0.15) is 42.5 Å². The van der Waals surface area contributed by atoms with Gasteiger partial charge in [-0.25, -0.2) is 0 Å². The Labute approximate surface area is 136 Å². The van der Waals surface area contributed by atoms with Gasteiger partial charge in [-0.15, -0.1) is 0 Å². The number of carbonyl (C=O) groups is 2. The molecular formula is C19H22N2O2. The van der Waals surface area contributed by atoms with Gasteiger partial charge in [-0.1, -0.05) is 55.7 Å². The van der Waals surface area contributed by atoms with Gasteiger partial charge in [0.25, 0.3) is 5.91 Å². The first kappa shape index (κ1) is 15.5. The molecule has 1 aliphatic rings. The van der Waals surface area contributed by atoms with Gasteiger partial charge >= 0.3 is 0 Å². The molecule has 2 aromatic rings. The molecule has 0 spiro atoms. The molecular weight excluding hydrogens is 288 g/mol. The predicted octanol–water partition coefficient (Wildman–Crippen LogP) is 3.00. The second-order valence-electron chi connectivity index (χ2n) is 6.28. The average Bonchev–Trinajstić information content (AvgIpc) is 2.59. The van der Waals surface area contributed by atoms with Crippen LogP contribution >= 0.6 is 0 Å². The first-order valence-electron chi connectivity index (χ1n) is 8.25. The summed E-state index contributed by atoms with van der Waals surface area (Å²) in [7, 11) is 0. The fourth-order valence-corrected chi connectivity index (χ4v) is 3.53. The lowest BCUT2D eigenvalue weighted by Gasteiger charge is -2.28. The average molecular weight is 310 g/mol. The zero-order valence-corrected chi connectivity index (χ0v) is 13.1. The lowest BCUT2D eigenvalue weighted by molar-refractivity contribution is -0.121. The molecule has 120 valence electrons. The van der Waals surface area contributed by atoms with Crippen LogP contribution in [0.4, 0.5) is 0 Å². The van der Waals surface area contributed by atoms with Crippen molar-refractivity contribution in [1.82, 2.24) is 5.32 Å². The Balaban J connectivity index is 1.84. The van der Waals surface area contributed by atoms with Gasteiger partial charge in [0.05, 0.1) is 0 Å². The highest BCUT2D eigenvalue weighted by molar-refractivity contribution is 6.08. The monoisotopic (exact) mass is 310 g/mol. The van der Waals surface area contributed by atoms with Gasteiger partial charge in [0.2, 0.25) is 5.91 Å².